The lowest BCUT2D eigenvalue weighted by Crippen LogP contribution is -2.32. The Balaban J connectivity index is 1.53. The maximum atomic E-state index is 12.5. The Hall–Kier alpha value is -1.67. The fourth-order valence-corrected chi connectivity index (χ4v) is 8.71. The van der Waals surface area contributed by atoms with Crippen molar-refractivity contribution in [1.82, 2.24) is 24.8 Å². The predicted molar refractivity (Wildman–Crippen MR) is 161 cm³/mol. The molecule has 0 aromatic carbocycles. The second-order valence-electron chi connectivity index (χ2n) is 10.9. The number of urea groups is 1. The molecule has 2 aromatic heterocycles. The van der Waals surface area contributed by atoms with Gasteiger partial charge in [-0.2, -0.15) is 9.97 Å². The molecule has 15 nitrogen and oxygen atoms in total. The number of anilines is 1. The van der Waals surface area contributed by atoms with Crippen molar-refractivity contribution in [1.29, 1.82) is 0 Å². The van der Waals surface area contributed by atoms with Crippen molar-refractivity contribution >= 4 is 49.6 Å². The number of rotatable bonds is 18. The molecular weight excluding hydrogens is 626 g/mol. The summed E-state index contributed by atoms with van der Waals surface area (Å²) in [7, 11) is -8.95. The third-order valence-corrected chi connectivity index (χ3v) is 11.6. The second kappa shape index (κ2) is 16.6. The number of carbonyl (C=O) groups excluding carboxylic acids is 1. The fourth-order valence-electron chi connectivity index (χ4n) is 5.01. The van der Waals surface area contributed by atoms with Gasteiger partial charge in [-0.3, -0.25) is 19.0 Å². The molecule has 0 aliphatic carbocycles. The van der Waals surface area contributed by atoms with Gasteiger partial charge in [0, 0.05) is 12.7 Å². The Bertz CT molecular complexity index is 1300. The van der Waals surface area contributed by atoms with Gasteiger partial charge >= 0.3 is 13.6 Å². The maximum absolute atomic E-state index is 12.5. The van der Waals surface area contributed by atoms with E-state index in [1.807, 2.05) is 0 Å². The molecule has 3 unspecified atom stereocenters. The van der Waals surface area contributed by atoms with E-state index < -0.39 is 57.6 Å². The molecule has 244 valence electrons. The number of nitrogens with one attached hydrogen (secondary N) is 2. The zero-order valence-corrected chi connectivity index (χ0v) is 26.8. The number of aliphatic hydroxyl groups excluding tert-OH is 2. The van der Waals surface area contributed by atoms with Crippen molar-refractivity contribution in [2.75, 3.05) is 23.9 Å². The van der Waals surface area contributed by atoms with Crippen LogP contribution in [0.15, 0.2) is 6.33 Å². The van der Waals surface area contributed by atoms with Gasteiger partial charge in [-0.1, -0.05) is 64.7 Å². The van der Waals surface area contributed by atoms with Crippen LogP contribution in [0, 0.1) is 0 Å². The summed E-state index contributed by atoms with van der Waals surface area (Å²) in [6.07, 6.45) is 6.95. The van der Waals surface area contributed by atoms with Gasteiger partial charge in [-0.05, 0) is 24.4 Å². The standard InChI is InChI=1S/C25H43ClN6O9P2/c1-2-3-4-5-6-7-8-9-10-11-13-27-25(35)30-21-18-22(31-24(26)29-21)32(15-28-18)23-20(34)19(33)17(41-23)12-14-42(36,37)16-43(38,39)40/h15,17,19-20,23,33-34H,2-14,16H2,1H3,(H,36,37)(H2,38,39,40)(H2,27,29,30,31,35)/t17-,19?,20?,23-/m1/s1. The first-order chi connectivity index (χ1) is 20.3. The quantitative estimate of drug-likeness (QED) is 0.0680. The van der Waals surface area contributed by atoms with Gasteiger partial charge < -0.3 is 34.9 Å². The summed E-state index contributed by atoms with van der Waals surface area (Å²) in [5.74, 6) is -1.17. The van der Waals surface area contributed by atoms with E-state index in [0.717, 1.165) is 19.3 Å². The largest absolute Gasteiger partial charge is 0.388 e. The van der Waals surface area contributed by atoms with Crippen molar-refractivity contribution in [3.8, 4) is 0 Å². The highest BCUT2D eigenvalue weighted by atomic mass is 35.5. The number of hydrogen-bond acceptors (Lipinski definition) is 9. The lowest BCUT2D eigenvalue weighted by atomic mass is 10.1. The monoisotopic (exact) mass is 668 g/mol. The van der Waals surface area contributed by atoms with E-state index in [1.54, 1.807) is 0 Å². The number of imidazole rings is 1. The van der Waals surface area contributed by atoms with Crippen LogP contribution in [-0.4, -0.2) is 87.4 Å². The van der Waals surface area contributed by atoms with E-state index in [1.165, 1.54) is 55.8 Å². The minimum Gasteiger partial charge on any atom is -0.388 e. The van der Waals surface area contributed by atoms with Crippen molar-refractivity contribution in [2.24, 2.45) is 0 Å². The summed E-state index contributed by atoms with van der Waals surface area (Å²) in [6, 6.07) is -0.502. The van der Waals surface area contributed by atoms with Gasteiger partial charge in [-0.15, -0.1) is 0 Å². The first-order valence-electron chi connectivity index (χ1n) is 14.6. The van der Waals surface area contributed by atoms with Crippen LogP contribution in [0.2, 0.25) is 5.28 Å². The van der Waals surface area contributed by atoms with E-state index in [0.29, 0.717) is 6.54 Å². The molecule has 0 bridgehead atoms. The van der Waals surface area contributed by atoms with Crippen molar-refractivity contribution < 1.29 is 43.6 Å². The van der Waals surface area contributed by atoms with E-state index >= 15 is 0 Å². The van der Waals surface area contributed by atoms with Gasteiger partial charge in [0.15, 0.2) is 23.2 Å². The van der Waals surface area contributed by atoms with Crippen LogP contribution in [0.3, 0.4) is 0 Å². The summed E-state index contributed by atoms with van der Waals surface area (Å²) in [5, 5.41) is 26.3. The number of unbranched alkanes of at least 4 members (excludes halogenated alkanes) is 9. The number of aliphatic hydroxyl groups is 2. The average molecular weight is 669 g/mol. The Kier molecular flexibility index (Phi) is 13.8. The third kappa shape index (κ3) is 11.3. The second-order valence-corrected chi connectivity index (χ2v) is 15.9. The summed E-state index contributed by atoms with van der Waals surface area (Å²) in [4.78, 5) is 52.9. The molecule has 2 aromatic rings. The summed E-state index contributed by atoms with van der Waals surface area (Å²) >= 11 is 6.10. The molecule has 1 aliphatic heterocycles. The molecule has 0 saturated carbocycles. The predicted octanol–water partition coefficient (Wildman–Crippen LogP) is 3.94. The van der Waals surface area contributed by atoms with Gasteiger partial charge in [0.05, 0.1) is 12.4 Å². The average Bonchev–Trinajstić information content (AvgIpc) is 3.45. The molecule has 2 amide bonds. The van der Waals surface area contributed by atoms with E-state index in [9.17, 15) is 29.0 Å². The Labute approximate surface area is 255 Å². The molecular formula is C25H43ClN6O9P2. The number of halogens is 1. The van der Waals surface area contributed by atoms with Gasteiger partial charge in [-0.25, -0.2) is 9.78 Å². The molecule has 3 rings (SSSR count). The molecule has 18 heteroatoms. The number of hydrogen-bond donors (Lipinski definition) is 7. The highest BCUT2D eigenvalue weighted by molar-refractivity contribution is 7.72. The first-order valence-corrected chi connectivity index (χ1v) is 18.8. The van der Waals surface area contributed by atoms with Crippen LogP contribution in [-0.2, 0) is 13.9 Å². The summed E-state index contributed by atoms with van der Waals surface area (Å²) in [6.45, 7) is 2.69. The Morgan fingerprint density at radius 1 is 1.00 bits per heavy atom. The molecule has 43 heavy (non-hydrogen) atoms. The number of ether oxygens (including phenoxy) is 1. The van der Waals surface area contributed by atoms with Crippen LogP contribution in [0.5, 0.6) is 0 Å². The lowest BCUT2D eigenvalue weighted by molar-refractivity contribution is -0.0354. The molecule has 7 N–H and O–H groups in total. The minimum absolute atomic E-state index is 0.0255. The summed E-state index contributed by atoms with van der Waals surface area (Å²) < 4.78 is 30.3. The minimum atomic E-state index is -4.73. The fraction of sp³-hybridized carbons (Fsp3) is 0.760. The smallest absolute Gasteiger partial charge is 0.335 e. The topological polar surface area (TPSA) is 229 Å². The molecule has 1 aliphatic rings. The number of aromatic nitrogens is 4. The normalized spacial score (nSPS) is 22.1. The number of carbonyl (C=O) groups is 1. The first kappa shape index (κ1) is 35.8. The van der Waals surface area contributed by atoms with Crippen LogP contribution < -0.4 is 10.6 Å². The van der Waals surface area contributed by atoms with Crippen LogP contribution in [0.25, 0.3) is 11.2 Å². The molecule has 5 atom stereocenters. The zero-order chi connectivity index (χ0) is 31.6. The van der Waals surface area contributed by atoms with Gasteiger partial charge in [0.1, 0.15) is 18.1 Å². The highest BCUT2D eigenvalue weighted by Crippen LogP contribution is 2.55. The van der Waals surface area contributed by atoms with Crippen LogP contribution >= 0.6 is 26.6 Å². The SMILES string of the molecule is CCCCCCCCCCCCNC(=O)Nc1nc(Cl)nc2c1ncn2[C@@H]1O[C@H](CCP(=O)(O)CP(=O)(O)O)C(O)C1O. The van der Waals surface area contributed by atoms with Gasteiger partial charge in [0.25, 0.3) is 0 Å². The maximum Gasteiger partial charge on any atom is 0.335 e. The molecule has 0 radical (unpaired) electrons. The van der Waals surface area contributed by atoms with Crippen molar-refractivity contribution in [3.05, 3.63) is 11.6 Å². The zero-order valence-electron chi connectivity index (χ0n) is 24.2. The van der Waals surface area contributed by atoms with E-state index in [-0.39, 0.29) is 28.7 Å². The van der Waals surface area contributed by atoms with Crippen LogP contribution in [0.1, 0.15) is 83.8 Å². The number of amides is 2. The van der Waals surface area contributed by atoms with E-state index in [4.69, 9.17) is 26.1 Å². The summed E-state index contributed by atoms with van der Waals surface area (Å²) in [5.41, 5.74) is 0.241. The van der Waals surface area contributed by atoms with Crippen molar-refractivity contribution in [2.45, 2.75) is 102 Å². The molecule has 1 fully saturated rings. The number of nitrogens with zero attached hydrogens (tertiary/aromatic N) is 4. The Morgan fingerprint density at radius 2 is 1.63 bits per heavy atom. The van der Waals surface area contributed by atoms with Crippen molar-refractivity contribution in [3.63, 3.8) is 0 Å². The van der Waals surface area contributed by atoms with E-state index in [2.05, 4.69) is 32.5 Å². The number of fused-ring (bicyclic) bond motifs is 1. The lowest BCUT2D eigenvalue weighted by Gasteiger charge is -2.18. The third-order valence-electron chi connectivity index (χ3n) is 7.22. The van der Waals surface area contributed by atoms with Crippen LogP contribution in [0.4, 0.5) is 10.6 Å². The molecule has 0 spiro atoms. The Morgan fingerprint density at radius 3 is 2.26 bits per heavy atom. The van der Waals surface area contributed by atoms with Gasteiger partial charge in [0.2, 0.25) is 12.7 Å². The highest BCUT2D eigenvalue weighted by Gasteiger charge is 2.45. The molecule has 3 heterocycles. The molecule has 1 saturated heterocycles.